The summed E-state index contributed by atoms with van der Waals surface area (Å²) in [5.41, 5.74) is 4.30. The summed E-state index contributed by atoms with van der Waals surface area (Å²) in [6.45, 7) is 8.41. The van der Waals surface area contributed by atoms with Crippen molar-refractivity contribution in [3.8, 4) is 11.5 Å². The molecule has 0 saturated heterocycles. The molecule has 1 N–H and O–H groups in total. The molecule has 0 aromatic heterocycles. The Balaban J connectivity index is 1.51. The summed E-state index contributed by atoms with van der Waals surface area (Å²) in [4.78, 5) is 26.3. The molecule has 1 aliphatic rings. The minimum Gasteiger partial charge on any atom is -0.496 e. The van der Waals surface area contributed by atoms with Crippen molar-refractivity contribution in [3.63, 3.8) is 0 Å². The van der Waals surface area contributed by atoms with Crippen molar-refractivity contribution in [2.75, 3.05) is 13.7 Å². The first-order valence-corrected chi connectivity index (χ1v) is 12.5. The van der Waals surface area contributed by atoms with Gasteiger partial charge in [-0.3, -0.25) is 9.59 Å². The molecule has 0 unspecified atom stereocenters. The van der Waals surface area contributed by atoms with Gasteiger partial charge < -0.3 is 19.5 Å². The average Bonchev–Trinajstić information content (AvgIpc) is 3.17. The van der Waals surface area contributed by atoms with Crippen LogP contribution < -0.4 is 9.47 Å². The van der Waals surface area contributed by atoms with Gasteiger partial charge >= 0.3 is 5.97 Å². The van der Waals surface area contributed by atoms with E-state index in [0.29, 0.717) is 17.7 Å². The first-order valence-electron chi connectivity index (χ1n) is 12.5. The molecular weight excluding hydrogens is 466 g/mol. The molecule has 1 aliphatic heterocycles. The zero-order chi connectivity index (χ0) is 26.8. The summed E-state index contributed by atoms with van der Waals surface area (Å²) in [5, 5.41) is 9.46. The van der Waals surface area contributed by atoms with Crippen LogP contribution in [0, 0.1) is 0 Å². The van der Waals surface area contributed by atoms with Crippen LogP contribution in [-0.2, 0) is 29.6 Å². The summed E-state index contributed by atoms with van der Waals surface area (Å²) in [6.07, 6.45) is 1.41. The number of nitrogens with zero attached hydrogens (tertiary/aromatic N) is 1. The Bertz CT molecular complexity index is 1290. The van der Waals surface area contributed by atoms with Crippen molar-refractivity contribution in [3.05, 3.63) is 94.5 Å². The van der Waals surface area contributed by atoms with Gasteiger partial charge in [0.2, 0.25) is 0 Å². The maximum absolute atomic E-state index is 13.4. The highest BCUT2D eigenvalue weighted by Crippen LogP contribution is 2.38. The summed E-state index contributed by atoms with van der Waals surface area (Å²) < 4.78 is 11.7. The molecule has 1 heterocycles. The first-order chi connectivity index (χ1) is 17.5. The number of para-hydroxylation sites is 1. The van der Waals surface area contributed by atoms with Crippen molar-refractivity contribution >= 4 is 11.9 Å². The van der Waals surface area contributed by atoms with Crippen molar-refractivity contribution in [2.45, 2.75) is 58.1 Å². The molecule has 0 saturated carbocycles. The van der Waals surface area contributed by atoms with E-state index in [-0.39, 0.29) is 17.9 Å². The van der Waals surface area contributed by atoms with Crippen LogP contribution in [0.15, 0.2) is 66.7 Å². The number of rotatable bonds is 8. The zero-order valence-corrected chi connectivity index (χ0v) is 22.2. The highest BCUT2D eigenvalue weighted by atomic mass is 16.5. The molecule has 0 spiro atoms. The van der Waals surface area contributed by atoms with Gasteiger partial charge in [-0.15, -0.1) is 0 Å². The van der Waals surface area contributed by atoms with E-state index in [1.807, 2.05) is 30.3 Å². The standard InChI is InChI=1S/C31H35NO5/c1-30(2,3)25-13-10-21(11-14-25)17-31(4)18-24-16-22(12-15-27(24)37-31)29(35)32(20-28(33)34)19-23-8-6-7-9-26(23)36-5/h6-16H,17-20H2,1-5H3,(H,33,34)/t31-/m1/s1. The summed E-state index contributed by atoms with van der Waals surface area (Å²) >= 11 is 0. The van der Waals surface area contributed by atoms with Crippen molar-refractivity contribution in [2.24, 2.45) is 0 Å². The van der Waals surface area contributed by atoms with Gasteiger partial charge in [-0.1, -0.05) is 63.2 Å². The molecule has 0 aliphatic carbocycles. The summed E-state index contributed by atoms with van der Waals surface area (Å²) in [7, 11) is 1.55. The van der Waals surface area contributed by atoms with E-state index in [9.17, 15) is 14.7 Å². The molecule has 0 fully saturated rings. The normalized spacial score (nSPS) is 16.6. The number of hydrogen-bond donors (Lipinski definition) is 1. The van der Waals surface area contributed by atoms with Gasteiger partial charge in [-0.2, -0.15) is 0 Å². The minimum atomic E-state index is -1.07. The number of hydrogen-bond acceptors (Lipinski definition) is 4. The van der Waals surface area contributed by atoms with Crippen LogP contribution in [-0.4, -0.2) is 41.1 Å². The molecule has 37 heavy (non-hydrogen) atoms. The lowest BCUT2D eigenvalue weighted by Gasteiger charge is -2.25. The van der Waals surface area contributed by atoms with Crippen LogP contribution in [0.5, 0.6) is 11.5 Å². The van der Waals surface area contributed by atoms with Gasteiger partial charge in [0.15, 0.2) is 0 Å². The highest BCUT2D eigenvalue weighted by molar-refractivity contribution is 5.96. The third-order valence-corrected chi connectivity index (χ3v) is 6.79. The van der Waals surface area contributed by atoms with Gasteiger partial charge in [-0.25, -0.2) is 0 Å². The largest absolute Gasteiger partial charge is 0.496 e. The Hall–Kier alpha value is -3.80. The Kier molecular flexibility index (Phi) is 7.30. The second kappa shape index (κ2) is 10.3. The van der Waals surface area contributed by atoms with Crippen LogP contribution in [0.1, 0.15) is 60.3 Å². The van der Waals surface area contributed by atoms with E-state index in [2.05, 4.69) is 52.0 Å². The third kappa shape index (κ3) is 6.13. The molecule has 194 valence electrons. The Morgan fingerprint density at radius 3 is 2.41 bits per heavy atom. The topological polar surface area (TPSA) is 76.1 Å². The van der Waals surface area contributed by atoms with E-state index >= 15 is 0 Å². The van der Waals surface area contributed by atoms with Crippen LogP contribution in [0.25, 0.3) is 0 Å². The molecule has 6 nitrogen and oxygen atoms in total. The maximum atomic E-state index is 13.4. The molecule has 0 radical (unpaired) electrons. The monoisotopic (exact) mass is 501 g/mol. The second-order valence-electron chi connectivity index (χ2n) is 11.0. The minimum absolute atomic E-state index is 0.103. The smallest absolute Gasteiger partial charge is 0.323 e. The number of carboxylic acids is 1. The molecule has 6 heteroatoms. The quantitative estimate of drug-likeness (QED) is 0.431. The van der Waals surface area contributed by atoms with Crippen molar-refractivity contribution in [1.29, 1.82) is 0 Å². The predicted octanol–water partition coefficient (Wildman–Crippen LogP) is 5.66. The fourth-order valence-corrected chi connectivity index (χ4v) is 4.89. The average molecular weight is 502 g/mol. The maximum Gasteiger partial charge on any atom is 0.323 e. The van der Waals surface area contributed by atoms with Crippen LogP contribution in [0.3, 0.4) is 0 Å². The van der Waals surface area contributed by atoms with Gasteiger partial charge in [0.1, 0.15) is 23.6 Å². The number of benzene rings is 3. The Morgan fingerprint density at radius 1 is 1.05 bits per heavy atom. The molecule has 4 rings (SSSR count). The Morgan fingerprint density at radius 2 is 1.76 bits per heavy atom. The molecule has 0 bridgehead atoms. The molecular formula is C31H35NO5. The number of carboxylic acid groups (broad SMARTS) is 1. The van der Waals surface area contributed by atoms with Gasteiger partial charge in [0.05, 0.1) is 13.7 Å². The van der Waals surface area contributed by atoms with Gasteiger partial charge in [0.25, 0.3) is 5.91 Å². The van der Waals surface area contributed by atoms with E-state index in [4.69, 9.17) is 9.47 Å². The fraction of sp³-hybridized carbons (Fsp3) is 0.355. The van der Waals surface area contributed by atoms with Gasteiger partial charge in [-0.05, 0) is 53.3 Å². The lowest BCUT2D eigenvalue weighted by Crippen LogP contribution is -2.35. The van der Waals surface area contributed by atoms with E-state index in [1.54, 1.807) is 19.2 Å². The predicted molar refractivity (Wildman–Crippen MR) is 143 cm³/mol. The number of fused-ring (bicyclic) bond motifs is 1. The number of ether oxygens (including phenoxy) is 2. The van der Waals surface area contributed by atoms with Crippen LogP contribution in [0.2, 0.25) is 0 Å². The summed E-state index contributed by atoms with van der Waals surface area (Å²) in [6, 6.07) is 21.3. The van der Waals surface area contributed by atoms with E-state index < -0.39 is 18.1 Å². The fourth-order valence-electron chi connectivity index (χ4n) is 4.89. The van der Waals surface area contributed by atoms with Crippen molar-refractivity contribution < 1.29 is 24.2 Å². The number of methoxy groups -OCH3 is 1. The van der Waals surface area contributed by atoms with Crippen LogP contribution in [0.4, 0.5) is 0 Å². The Labute approximate surface area is 218 Å². The van der Waals surface area contributed by atoms with E-state index in [0.717, 1.165) is 23.3 Å². The lowest BCUT2D eigenvalue weighted by molar-refractivity contribution is -0.137. The third-order valence-electron chi connectivity index (χ3n) is 6.79. The van der Waals surface area contributed by atoms with Crippen molar-refractivity contribution in [1.82, 2.24) is 4.90 Å². The summed E-state index contributed by atoms with van der Waals surface area (Å²) in [5.74, 6) is -0.0421. The lowest BCUT2D eigenvalue weighted by atomic mass is 9.85. The SMILES string of the molecule is COc1ccccc1CN(CC(=O)O)C(=O)c1ccc2c(c1)C[C@@](C)(Cc1ccc(C(C)(C)C)cc1)O2. The zero-order valence-electron chi connectivity index (χ0n) is 22.2. The molecule has 3 aromatic carbocycles. The second-order valence-corrected chi connectivity index (χ2v) is 11.0. The number of carbonyl (C=O) groups is 2. The molecule has 1 atom stereocenters. The number of carbonyl (C=O) groups excluding carboxylic acids is 1. The number of amides is 1. The van der Waals surface area contributed by atoms with E-state index in [1.165, 1.54) is 16.0 Å². The molecule has 1 amide bonds. The first kappa shape index (κ1) is 26.3. The van der Waals surface area contributed by atoms with Gasteiger partial charge in [0, 0.05) is 24.0 Å². The van der Waals surface area contributed by atoms with Crippen LogP contribution >= 0.6 is 0 Å². The molecule has 3 aromatic rings. The highest BCUT2D eigenvalue weighted by Gasteiger charge is 2.36. The number of aliphatic carboxylic acids is 1.